The molecule has 0 bridgehead atoms. The number of nitrogens with two attached hydrogens (primary N) is 1. The van der Waals surface area contributed by atoms with Crippen molar-refractivity contribution in [3.8, 4) is 0 Å². The Bertz CT molecular complexity index is 322. The van der Waals surface area contributed by atoms with Gasteiger partial charge < -0.3 is 15.4 Å². The second kappa shape index (κ2) is 8.11. The molecule has 3 heteroatoms. The predicted octanol–water partition coefficient (Wildman–Crippen LogP) is 2.42. The standard InChI is InChI=1S/C15H26N2O/c1-13(2)12-17(10-11-18-3)9-8-14-4-6-15(16)7-5-14/h4-7,13H,8-12,16H2,1-3H3. The van der Waals surface area contributed by atoms with Crippen molar-refractivity contribution < 1.29 is 4.74 Å². The minimum atomic E-state index is 0.688. The number of methoxy groups -OCH3 is 1. The van der Waals surface area contributed by atoms with E-state index in [2.05, 4.69) is 30.9 Å². The number of rotatable bonds is 8. The number of anilines is 1. The largest absolute Gasteiger partial charge is 0.399 e. The summed E-state index contributed by atoms with van der Waals surface area (Å²) >= 11 is 0. The topological polar surface area (TPSA) is 38.5 Å². The Balaban J connectivity index is 2.42. The maximum atomic E-state index is 5.69. The quantitative estimate of drug-likeness (QED) is 0.720. The van der Waals surface area contributed by atoms with Gasteiger partial charge in [0.2, 0.25) is 0 Å². The van der Waals surface area contributed by atoms with Gasteiger partial charge in [-0.2, -0.15) is 0 Å². The molecule has 0 aliphatic rings. The maximum absolute atomic E-state index is 5.69. The van der Waals surface area contributed by atoms with Gasteiger partial charge in [0, 0.05) is 32.4 Å². The number of nitrogen functional groups attached to an aromatic ring is 1. The van der Waals surface area contributed by atoms with E-state index in [-0.39, 0.29) is 0 Å². The normalized spacial score (nSPS) is 11.4. The molecule has 18 heavy (non-hydrogen) atoms. The van der Waals surface area contributed by atoms with E-state index < -0.39 is 0 Å². The van der Waals surface area contributed by atoms with Crippen LogP contribution >= 0.6 is 0 Å². The summed E-state index contributed by atoms with van der Waals surface area (Å²) < 4.78 is 5.16. The van der Waals surface area contributed by atoms with Gasteiger partial charge in [-0.05, 0) is 30.0 Å². The molecular weight excluding hydrogens is 224 g/mol. The Kier molecular flexibility index (Phi) is 6.76. The number of benzene rings is 1. The van der Waals surface area contributed by atoms with E-state index in [1.807, 2.05) is 12.1 Å². The van der Waals surface area contributed by atoms with E-state index >= 15 is 0 Å². The molecule has 2 N–H and O–H groups in total. The number of ether oxygens (including phenoxy) is 1. The Morgan fingerprint density at radius 1 is 1.17 bits per heavy atom. The summed E-state index contributed by atoms with van der Waals surface area (Å²) in [6.07, 6.45) is 1.07. The SMILES string of the molecule is COCCN(CCc1ccc(N)cc1)CC(C)C. The van der Waals surface area contributed by atoms with E-state index in [0.717, 1.165) is 38.3 Å². The van der Waals surface area contributed by atoms with Crippen molar-refractivity contribution in [1.29, 1.82) is 0 Å². The molecule has 0 aliphatic heterocycles. The maximum Gasteiger partial charge on any atom is 0.0589 e. The molecule has 0 atom stereocenters. The Morgan fingerprint density at radius 2 is 1.83 bits per heavy atom. The third-order valence-corrected chi connectivity index (χ3v) is 2.93. The van der Waals surface area contributed by atoms with Gasteiger partial charge in [0.1, 0.15) is 0 Å². The summed E-state index contributed by atoms with van der Waals surface area (Å²) in [5.41, 5.74) is 7.86. The van der Waals surface area contributed by atoms with Crippen LogP contribution in [-0.2, 0) is 11.2 Å². The molecule has 0 fully saturated rings. The molecular formula is C15H26N2O. The molecule has 1 aromatic carbocycles. The Morgan fingerprint density at radius 3 is 2.39 bits per heavy atom. The van der Waals surface area contributed by atoms with Crippen LogP contribution in [0.1, 0.15) is 19.4 Å². The molecule has 0 amide bonds. The van der Waals surface area contributed by atoms with E-state index in [1.54, 1.807) is 7.11 Å². The van der Waals surface area contributed by atoms with Gasteiger partial charge in [0.25, 0.3) is 0 Å². The molecule has 0 heterocycles. The lowest BCUT2D eigenvalue weighted by molar-refractivity contribution is 0.141. The summed E-state index contributed by atoms with van der Waals surface area (Å²) in [5, 5.41) is 0. The summed E-state index contributed by atoms with van der Waals surface area (Å²) in [6.45, 7) is 8.51. The number of nitrogens with zero attached hydrogens (tertiary/aromatic N) is 1. The van der Waals surface area contributed by atoms with Gasteiger partial charge in [-0.3, -0.25) is 0 Å². The third kappa shape index (κ3) is 6.03. The highest BCUT2D eigenvalue weighted by Crippen LogP contribution is 2.07. The monoisotopic (exact) mass is 250 g/mol. The fourth-order valence-electron chi connectivity index (χ4n) is 2.00. The number of hydrogen-bond donors (Lipinski definition) is 1. The Labute approximate surface area is 111 Å². The van der Waals surface area contributed by atoms with Crippen molar-refractivity contribution in [1.82, 2.24) is 4.90 Å². The minimum absolute atomic E-state index is 0.688. The molecule has 0 unspecified atom stereocenters. The highest BCUT2D eigenvalue weighted by atomic mass is 16.5. The van der Waals surface area contributed by atoms with Crippen molar-refractivity contribution >= 4 is 5.69 Å². The lowest BCUT2D eigenvalue weighted by Crippen LogP contribution is -2.32. The van der Waals surface area contributed by atoms with E-state index in [0.29, 0.717) is 5.92 Å². The molecule has 0 radical (unpaired) electrons. The zero-order valence-corrected chi connectivity index (χ0v) is 11.9. The molecule has 0 saturated carbocycles. The van der Waals surface area contributed by atoms with Crippen LogP contribution in [0, 0.1) is 5.92 Å². The summed E-state index contributed by atoms with van der Waals surface area (Å²) in [6, 6.07) is 8.16. The highest BCUT2D eigenvalue weighted by molar-refractivity contribution is 5.39. The zero-order chi connectivity index (χ0) is 13.4. The van der Waals surface area contributed by atoms with E-state index in [1.165, 1.54) is 5.56 Å². The van der Waals surface area contributed by atoms with Crippen molar-refractivity contribution in [2.75, 3.05) is 39.1 Å². The van der Waals surface area contributed by atoms with Crippen LogP contribution < -0.4 is 5.73 Å². The zero-order valence-electron chi connectivity index (χ0n) is 11.9. The lowest BCUT2D eigenvalue weighted by atomic mass is 10.1. The van der Waals surface area contributed by atoms with Crippen LogP contribution in [0.25, 0.3) is 0 Å². The van der Waals surface area contributed by atoms with Crippen LogP contribution in [0.2, 0.25) is 0 Å². The molecule has 0 aliphatic carbocycles. The van der Waals surface area contributed by atoms with Crippen molar-refractivity contribution in [3.05, 3.63) is 29.8 Å². The molecule has 0 aromatic heterocycles. The smallest absolute Gasteiger partial charge is 0.0589 e. The van der Waals surface area contributed by atoms with Gasteiger partial charge in [-0.1, -0.05) is 26.0 Å². The van der Waals surface area contributed by atoms with Crippen LogP contribution in [-0.4, -0.2) is 38.3 Å². The van der Waals surface area contributed by atoms with E-state index in [4.69, 9.17) is 10.5 Å². The van der Waals surface area contributed by atoms with Crippen molar-refractivity contribution in [2.45, 2.75) is 20.3 Å². The predicted molar refractivity (Wildman–Crippen MR) is 77.7 cm³/mol. The minimum Gasteiger partial charge on any atom is -0.399 e. The molecule has 3 nitrogen and oxygen atoms in total. The second-order valence-corrected chi connectivity index (χ2v) is 5.18. The lowest BCUT2D eigenvalue weighted by Gasteiger charge is -2.23. The van der Waals surface area contributed by atoms with Crippen LogP contribution in [0.3, 0.4) is 0 Å². The molecule has 1 aromatic rings. The van der Waals surface area contributed by atoms with Gasteiger partial charge in [-0.15, -0.1) is 0 Å². The van der Waals surface area contributed by atoms with Crippen molar-refractivity contribution in [3.63, 3.8) is 0 Å². The molecule has 1 rings (SSSR count). The molecule has 102 valence electrons. The molecule has 0 saturated heterocycles. The van der Waals surface area contributed by atoms with Crippen LogP contribution in [0.15, 0.2) is 24.3 Å². The van der Waals surface area contributed by atoms with Gasteiger partial charge in [0.15, 0.2) is 0 Å². The first-order valence-electron chi connectivity index (χ1n) is 6.67. The van der Waals surface area contributed by atoms with E-state index in [9.17, 15) is 0 Å². The average molecular weight is 250 g/mol. The Hall–Kier alpha value is -1.06. The van der Waals surface area contributed by atoms with Gasteiger partial charge >= 0.3 is 0 Å². The first-order chi connectivity index (χ1) is 8.61. The average Bonchev–Trinajstić information content (AvgIpc) is 2.34. The summed E-state index contributed by atoms with van der Waals surface area (Å²) in [5.74, 6) is 0.688. The molecule has 0 spiro atoms. The summed E-state index contributed by atoms with van der Waals surface area (Å²) in [4.78, 5) is 2.46. The van der Waals surface area contributed by atoms with Gasteiger partial charge in [-0.25, -0.2) is 0 Å². The fourth-order valence-corrected chi connectivity index (χ4v) is 2.00. The first kappa shape index (κ1) is 15.0. The first-order valence-corrected chi connectivity index (χ1v) is 6.67. The van der Waals surface area contributed by atoms with Crippen LogP contribution in [0.5, 0.6) is 0 Å². The fraction of sp³-hybridized carbons (Fsp3) is 0.600. The van der Waals surface area contributed by atoms with Gasteiger partial charge in [0.05, 0.1) is 6.61 Å². The second-order valence-electron chi connectivity index (χ2n) is 5.18. The number of hydrogen-bond acceptors (Lipinski definition) is 3. The summed E-state index contributed by atoms with van der Waals surface area (Å²) in [7, 11) is 1.76. The van der Waals surface area contributed by atoms with Crippen LogP contribution in [0.4, 0.5) is 5.69 Å². The highest BCUT2D eigenvalue weighted by Gasteiger charge is 2.07. The van der Waals surface area contributed by atoms with Crippen molar-refractivity contribution in [2.24, 2.45) is 5.92 Å². The third-order valence-electron chi connectivity index (χ3n) is 2.93.